The highest BCUT2D eigenvalue weighted by Crippen LogP contribution is 2.48. The van der Waals surface area contributed by atoms with E-state index in [-0.39, 0.29) is 0 Å². The van der Waals surface area contributed by atoms with Gasteiger partial charge in [0.2, 0.25) is 0 Å². The number of anilines is 2. The van der Waals surface area contributed by atoms with Crippen molar-refractivity contribution in [2.75, 3.05) is 38.6 Å². The summed E-state index contributed by atoms with van der Waals surface area (Å²) >= 11 is 8.22. The Kier molecular flexibility index (Phi) is 10.9. The van der Waals surface area contributed by atoms with E-state index < -0.39 is 0 Å². The highest BCUT2D eigenvalue weighted by atomic mass is 35.5. The number of quaternary nitrogens is 1. The van der Waals surface area contributed by atoms with Gasteiger partial charge in [-0.15, -0.1) is 0 Å². The van der Waals surface area contributed by atoms with Gasteiger partial charge in [-0.2, -0.15) is 0 Å². The Morgan fingerprint density at radius 3 is 2.06 bits per heavy atom. The number of halogens is 1. The molecule has 0 fully saturated rings. The van der Waals surface area contributed by atoms with E-state index in [1.807, 2.05) is 17.8 Å². The first-order valence-corrected chi connectivity index (χ1v) is 14.4. The highest BCUT2D eigenvalue weighted by Gasteiger charge is 2.24. The lowest BCUT2D eigenvalue weighted by Crippen LogP contribution is -2.42. The van der Waals surface area contributed by atoms with E-state index in [2.05, 4.69) is 62.3 Å². The number of unbranched alkanes of at least 4 members (excludes halogenated alkanes) is 9. The maximum Gasteiger partial charge on any atom is 0.0799 e. The van der Waals surface area contributed by atoms with Crippen LogP contribution >= 0.6 is 23.4 Å². The summed E-state index contributed by atoms with van der Waals surface area (Å²) in [5.41, 5.74) is 2.57. The van der Waals surface area contributed by atoms with Gasteiger partial charge in [0.25, 0.3) is 0 Å². The molecule has 0 radical (unpaired) electrons. The molecule has 1 heterocycles. The first-order chi connectivity index (χ1) is 16.0. The average Bonchev–Trinajstić information content (AvgIpc) is 2.80. The van der Waals surface area contributed by atoms with Crippen LogP contribution in [0.3, 0.4) is 0 Å². The minimum absolute atomic E-state index is 0.816. The molecule has 1 aliphatic rings. The van der Waals surface area contributed by atoms with Gasteiger partial charge in [-0.05, 0) is 43.2 Å². The molecule has 0 aliphatic carbocycles. The fourth-order valence-corrected chi connectivity index (χ4v) is 6.08. The maximum absolute atomic E-state index is 6.37. The molecular weight excluding hydrogens is 444 g/mol. The second-order valence-electron chi connectivity index (χ2n) is 10.3. The second-order valence-corrected chi connectivity index (χ2v) is 11.8. The van der Waals surface area contributed by atoms with Crippen molar-refractivity contribution in [1.29, 1.82) is 0 Å². The van der Waals surface area contributed by atoms with E-state index in [0.717, 1.165) is 16.1 Å². The van der Waals surface area contributed by atoms with Crippen molar-refractivity contribution in [3.8, 4) is 0 Å². The molecule has 0 spiro atoms. The molecule has 2 nitrogen and oxygen atoms in total. The molecule has 2 aromatic rings. The Labute approximate surface area is 212 Å². The van der Waals surface area contributed by atoms with Gasteiger partial charge in [0.1, 0.15) is 0 Å². The number of hydrogen-bond donors (Lipinski definition) is 0. The number of nitrogens with zero attached hydrogens (tertiary/aromatic N) is 2. The molecule has 0 atom stereocenters. The Morgan fingerprint density at radius 2 is 1.33 bits per heavy atom. The summed E-state index contributed by atoms with van der Waals surface area (Å²) in [5.74, 6) is 0. The molecule has 0 amide bonds. The van der Waals surface area contributed by atoms with Gasteiger partial charge in [0.15, 0.2) is 0 Å². The van der Waals surface area contributed by atoms with Crippen LogP contribution in [0.2, 0.25) is 5.02 Å². The van der Waals surface area contributed by atoms with E-state index in [4.69, 9.17) is 11.6 Å². The third kappa shape index (κ3) is 8.53. The Bertz CT molecular complexity index is 851. The lowest BCUT2D eigenvalue weighted by Gasteiger charge is -2.35. The zero-order chi connectivity index (χ0) is 23.5. The summed E-state index contributed by atoms with van der Waals surface area (Å²) in [4.78, 5) is 5.12. The van der Waals surface area contributed by atoms with Crippen LogP contribution in [-0.4, -0.2) is 38.2 Å². The Hall–Kier alpha value is -1.16. The zero-order valence-electron chi connectivity index (χ0n) is 21.1. The standard InChI is InChI=1S/C29H44ClN2S/c1-4-5-6-7-8-9-10-11-12-15-22-32(2,3)23-16-21-31-26-17-13-14-18-28(26)33-29-20-19-25(30)24-27(29)31/h13-14,17-20,24H,4-12,15-16,21-23H2,1-3H3/q+1. The largest absolute Gasteiger partial charge is 0.339 e. The molecular formula is C29H44ClN2S+. The van der Waals surface area contributed by atoms with Crippen molar-refractivity contribution in [3.05, 3.63) is 47.5 Å². The van der Waals surface area contributed by atoms with Gasteiger partial charge in [-0.25, -0.2) is 0 Å². The fraction of sp³-hybridized carbons (Fsp3) is 0.586. The molecule has 0 N–H and O–H groups in total. The molecule has 1 aliphatic heterocycles. The minimum atomic E-state index is 0.816. The van der Waals surface area contributed by atoms with Crippen LogP contribution in [0.25, 0.3) is 0 Å². The van der Waals surface area contributed by atoms with Crippen LogP contribution in [0, 0.1) is 0 Å². The van der Waals surface area contributed by atoms with Crippen LogP contribution in [0.5, 0.6) is 0 Å². The molecule has 0 saturated carbocycles. The summed E-state index contributed by atoms with van der Waals surface area (Å²) in [6.45, 7) is 5.82. The minimum Gasteiger partial charge on any atom is -0.339 e. The molecule has 0 saturated heterocycles. The smallest absolute Gasteiger partial charge is 0.0799 e. The van der Waals surface area contributed by atoms with Gasteiger partial charge >= 0.3 is 0 Å². The highest BCUT2D eigenvalue weighted by molar-refractivity contribution is 7.99. The van der Waals surface area contributed by atoms with Crippen molar-refractivity contribution in [3.63, 3.8) is 0 Å². The van der Waals surface area contributed by atoms with Crippen LogP contribution in [0.1, 0.15) is 77.6 Å². The number of para-hydroxylation sites is 1. The van der Waals surface area contributed by atoms with Gasteiger partial charge in [0.05, 0.1) is 38.6 Å². The first kappa shape index (κ1) is 26.4. The van der Waals surface area contributed by atoms with Gasteiger partial charge in [-0.3, -0.25) is 0 Å². The topological polar surface area (TPSA) is 3.24 Å². The molecule has 2 aromatic carbocycles. The SMILES string of the molecule is CCCCCCCCCCCC[N+](C)(C)CCCN1c2ccccc2Sc2ccc(Cl)cc21. The molecule has 182 valence electrons. The average molecular weight is 488 g/mol. The molecule has 0 aromatic heterocycles. The summed E-state index contributed by atoms with van der Waals surface area (Å²) in [6.07, 6.45) is 15.3. The number of benzene rings is 2. The van der Waals surface area contributed by atoms with Crippen molar-refractivity contribution in [2.24, 2.45) is 0 Å². The van der Waals surface area contributed by atoms with E-state index in [0.29, 0.717) is 0 Å². The lowest BCUT2D eigenvalue weighted by molar-refractivity contribution is -0.890. The van der Waals surface area contributed by atoms with Crippen molar-refractivity contribution >= 4 is 34.7 Å². The van der Waals surface area contributed by atoms with Crippen molar-refractivity contribution < 1.29 is 4.48 Å². The van der Waals surface area contributed by atoms with Gasteiger partial charge < -0.3 is 9.38 Å². The van der Waals surface area contributed by atoms with Crippen LogP contribution in [-0.2, 0) is 0 Å². The number of rotatable bonds is 15. The predicted molar refractivity (Wildman–Crippen MR) is 147 cm³/mol. The molecule has 3 rings (SSSR count). The van der Waals surface area contributed by atoms with Gasteiger partial charge in [-0.1, -0.05) is 93.8 Å². The maximum atomic E-state index is 6.37. The first-order valence-electron chi connectivity index (χ1n) is 13.2. The molecule has 0 bridgehead atoms. The van der Waals surface area contributed by atoms with E-state index >= 15 is 0 Å². The third-order valence-corrected chi connectivity index (χ3v) is 8.22. The molecule has 0 unspecified atom stereocenters. The Balaban J connectivity index is 1.40. The van der Waals surface area contributed by atoms with Crippen LogP contribution in [0.4, 0.5) is 11.4 Å². The van der Waals surface area contributed by atoms with Crippen molar-refractivity contribution in [1.82, 2.24) is 0 Å². The van der Waals surface area contributed by atoms with E-state index in [1.165, 1.54) is 105 Å². The molecule has 33 heavy (non-hydrogen) atoms. The summed E-state index contributed by atoms with van der Waals surface area (Å²) in [5, 5.41) is 0.816. The Morgan fingerprint density at radius 1 is 0.727 bits per heavy atom. The summed E-state index contributed by atoms with van der Waals surface area (Å²) in [6, 6.07) is 15.1. The predicted octanol–water partition coefficient (Wildman–Crippen LogP) is 9.33. The zero-order valence-corrected chi connectivity index (χ0v) is 22.7. The lowest BCUT2D eigenvalue weighted by atomic mass is 10.1. The number of fused-ring (bicyclic) bond motifs is 2. The number of hydrogen-bond acceptors (Lipinski definition) is 2. The van der Waals surface area contributed by atoms with E-state index in [9.17, 15) is 0 Å². The summed E-state index contributed by atoms with van der Waals surface area (Å²) < 4.78 is 1.11. The molecule has 4 heteroatoms. The van der Waals surface area contributed by atoms with Crippen LogP contribution in [0.15, 0.2) is 52.3 Å². The van der Waals surface area contributed by atoms with Crippen LogP contribution < -0.4 is 4.90 Å². The third-order valence-electron chi connectivity index (χ3n) is 6.85. The van der Waals surface area contributed by atoms with Crippen molar-refractivity contribution in [2.45, 2.75) is 87.3 Å². The van der Waals surface area contributed by atoms with E-state index in [1.54, 1.807) is 0 Å². The fourth-order valence-electron chi connectivity index (χ4n) is 4.84. The second kappa shape index (κ2) is 13.7. The normalized spacial score (nSPS) is 13.2. The van der Waals surface area contributed by atoms with Gasteiger partial charge in [0, 0.05) is 27.8 Å². The quantitative estimate of drug-likeness (QED) is 0.182. The summed E-state index contributed by atoms with van der Waals surface area (Å²) in [7, 11) is 4.80. The monoisotopic (exact) mass is 487 g/mol.